The van der Waals surface area contributed by atoms with Gasteiger partial charge in [0.15, 0.2) is 6.10 Å². The number of ether oxygens (including phenoxy) is 2. The number of carboxylic acids is 1. The Balaban J connectivity index is 0.00000205. The van der Waals surface area contributed by atoms with Crippen LogP contribution in [0.25, 0.3) is 43.9 Å². The van der Waals surface area contributed by atoms with E-state index < -0.39 is 17.7 Å². The van der Waals surface area contributed by atoms with E-state index in [-0.39, 0.29) is 0 Å². The van der Waals surface area contributed by atoms with E-state index in [4.69, 9.17) is 24.4 Å². The fourth-order valence-electron chi connectivity index (χ4n) is 7.03. The Kier molecular flexibility index (Phi) is 9.60. The van der Waals surface area contributed by atoms with E-state index in [2.05, 4.69) is 42.0 Å². The molecule has 256 valence electrons. The van der Waals surface area contributed by atoms with Crippen molar-refractivity contribution in [3.63, 3.8) is 0 Å². The molecule has 1 fully saturated rings. The minimum Gasteiger partial charge on any atom is -0.493 e. The molecule has 9 heteroatoms. The van der Waals surface area contributed by atoms with Gasteiger partial charge in [-0.05, 0) is 98.5 Å². The summed E-state index contributed by atoms with van der Waals surface area (Å²) in [5.74, 6) is 0.519. The second-order valence-electron chi connectivity index (χ2n) is 13.7. The second-order valence-corrected chi connectivity index (χ2v) is 13.7. The van der Waals surface area contributed by atoms with E-state index in [1.807, 2.05) is 78.3 Å². The van der Waals surface area contributed by atoms with E-state index in [1.165, 1.54) is 5.56 Å². The lowest BCUT2D eigenvalue weighted by atomic mass is 9.83. The fraction of sp³-hybridized carbons (Fsp3) is 0.400. The SMILES string of the molecule is CC.Cc1cc2c(C)c(-c3cnc(N4CCN(C)CC4)nc3)ccc2c(-c2ccc3c4c(ccnc24)CCO3)c1C(OC(C)(C)C)C(=O)O. The largest absolute Gasteiger partial charge is 0.493 e. The molecule has 49 heavy (non-hydrogen) atoms. The van der Waals surface area contributed by atoms with Crippen LogP contribution in [-0.2, 0) is 16.0 Å². The third kappa shape index (κ3) is 6.57. The Bertz CT molecular complexity index is 2000. The summed E-state index contributed by atoms with van der Waals surface area (Å²) in [7, 11) is 2.14. The number of hydrogen-bond acceptors (Lipinski definition) is 8. The van der Waals surface area contributed by atoms with Crippen molar-refractivity contribution in [1.82, 2.24) is 19.9 Å². The summed E-state index contributed by atoms with van der Waals surface area (Å²) in [5, 5.41) is 13.5. The standard InChI is InChI=1S/C38H41N5O4.C2H6/c1-22-19-29-23(2)26(25-20-40-37(41-21-25)43-16-14-42(6)15-17-43)7-8-27(29)33(31(22)35(36(44)45)47-38(3,4)5)28-9-10-30-32-24(12-18-46-30)11-13-39-34(28)32;1-2/h7-11,13,19-21,35H,12,14-18H2,1-6H3,(H,44,45);1-2H3. The highest BCUT2D eigenvalue weighted by Crippen LogP contribution is 2.46. The Hall–Kier alpha value is -4.60. The number of rotatable bonds is 6. The van der Waals surface area contributed by atoms with Crippen molar-refractivity contribution < 1.29 is 19.4 Å². The number of fused-ring (bicyclic) bond motifs is 1. The number of hydrogen-bond donors (Lipinski definition) is 1. The fourth-order valence-corrected chi connectivity index (χ4v) is 7.03. The van der Waals surface area contributed by atoms with Crippen molar-refractivity contribution in [1.29, 1.82) is 0 Å². The third-order valence-corrected chi connectivity index (χ3v) is 9.37. The van der Waals surface area contributed by atoms with Crippen LogP contribution in [0.15, 0.2) is 55.0 Å². The van der Waals surface area contributed by atoms with E-state index in [0.717, 1.165) is 99.4 Å². The highest BCUT2D eigenvalue weighted by atomic mass is 16.5. The van der Waals surface area contributed by atoms with Crippen LogP contribution in [0.2, 0.25) is 0 Å². The quantitative estimate of drug-likeness (QED) is 0.196. The van der Waals surface area contributed by atoms with Crippen LogP contribution < -0.4 is 9.64 Å². The van der Waals surface area contributed by atoms with E-state index in [1.54, 1.807) is 0 Å². The van der Waals surface area contributed by atoms with Gasteiger partial charge in [-0.15, -0.1) is 0 Å². The van der Waals surface area contributed by atoms with Gasteiger partial charge in [0.2, 0.25) is 5.95 Å². The van der Waals surface area contributed by atoms with E-state index in [0.29, 0.717) is 12.2 Å². The van der Waals surface area contributed by atoms with Gasteiger partial charge in [0.05, 0.1) is 17.7 Å². The summed E-state index contributed by atoms with van der Waals surface area (Å²) in [6, 6.07) is 12.3. The molecule has 0 spiro atoms. The van der Waals surface area contributed by atoms with Gasteiger partial charge in [0, 0.05) is 73.3 Å². The van der Waals surface area contributed by atoms with Crippen LogP contribution in [0.4, 0.5) is 5.95 Å². The van der Waals surface area contributed by atoms with Crippen LogP contribution in [0.5, 0.6) is 5.75 Å². The molecule has 4 heterocycles. The van der Waals surface area contributed by atoms with Crippen LogP contribution in [-0.4, -0.2) is 76.4 Å². The van der Waals surface area contributed by atoms with Gasteiger partial charge in [0.1, 0.15) is 5.75 Å². The molecule has 9 nitrogen and oxygen atoms in total. The van der Waals surface area contributed by atoms with Crippen molar-refractivity contribution in [2.45, 2.75) is 66.6 Å². The summed E-state index contributed by atoms with van der Waals surface area (Å²) in [6.07, 6.45) is 5.26. The van der Waals surface area contributed by atoms with Crippen molar-refractivity contribution in [3.8, 4) is 28.0 Å². The first-order chi connectivity index (χ1) is 23.5. The number of nitrogens with zero attached hydrogens (tertiary/aromatic N) is 5. The number of aliphatic carboxylic acids is 1. The summed E-state index contributed by atoms with van der Waals surface area (Å²) in [5.41, 5.74) is 7.45. The highest BCUT2D eigenvalue weighted by molar-refractivity contribution is 6.10. The molecule has 0 amide bonds. The zero-order valence-electron chi connectivity index (χ0n) is 29.9. The molecule has 1 atom stereocenters. The highest BCUT2D eigenvalue weighted by Gasteiger charge is 2.33. The zero-order valence-corrected chi connectivity index (χ0v) is 29.9. The van der Waals surface area contributed by atoms with Crippen LogP contribution >= 0.6 is 0 Å². The predicted molar refractivity (Wildman–Crippen MR) is 197 cm³/mol. The first-order valence-electron chi connectivity index (χ1n) is 17.3. The van der Waals surface area contributed by atoms with Crippen molar-refractivity contribution in [3.05, 3.63) is 77.2 Å². The third-order valence-electron chi connectivity index (χ3n) is 9.37. The molecule has 1 saturated heterocycles. The zero-order chi connectivity index (χ0) is 35.0. The van der Waals surface area contributed by atoms with Crippen LogP contribution in [0.1, 0.15) is 63.0 Å². The van der Waals surface area contributed by atoms with Gasteiger partial charge in [-0.25, -0.2) is 14.8 Å². The minimum atomic E-state index is -1.19. The minimum absolute atomic E-state index is 0.618. The molecule has 1 N–H and O–H groups in total. The number of aromatic nitrogens is 3. The lowest BCUT2D eigenvalue weighted by Crippen LogP contribution is -2.45. The van der Waals surface area contributed by atoms with Crippen molar-refractivity contribution in [2.75, 3.05) is 44.7 Å². The number of likely N-dealkylation sites (N-methyl/N-ethyl adjacent to an activating group) is 1. The molecular weight excluding hydrogens is 614 g/mol. The molecule has 7 rings (SSSR count). The molecule has 5 aromatic rings. The first-order valence-corrected chi connectivity index (χ1v) is 17.3. The molecule has 2 aromatic heterocycles. The normalized spacial score (nSPS) is 15.5. The maximum absolute atomic E-state index is 13.0. The van der Waals surface area contributed by atoms with Gasteiger partial charge < -0.3 is 24.4 Å². The van der Waals surface area contributed by atoms with Crippen molar-refractivity contribution in [2.24, 2.45) is 0 Å². The molecule has 3 aromatic carbocycles. The predicted octanol–water partition coefficient (Wildman–Crippen LogP) is 7.78. The average Bonchev–Trinajstić information content (AvgIpc) is 3.09. The van der Waals surface area contributed by atoms with Gasteiger partial charge in [0.25, 0.3) is 0 Å². The number of anilines is 1. The Morgan fingerprint density at radius 3 is 2.31 bits per heavy atom. The van der Waals surface area contributed by atoms with Gasteiger partial charge in [-0.3, -0.25) is 4.98 Å². The Labute approximate surface area is 288 Å². The van der Waals surface area contributed by atoms with Crippen molar-refractivity contribution >= 4 is 33.6 Å². The Morgan fingerprint density at radius 2 is 1.63 bits per heavy atom. The number of pyridine rings is 1. The number of carboxylic acid groups (broad SMARTS) is 1. The lowest BCUT2D eigenvalue weighted by molar-refractivity contribution is -0.160. The van der Waals surface area contributed by atoms with E-state index >= 15 is 0 Å². The summed E-state index contributed by atoms with van der Waals surface area (Å²) < 4.78 is 12.3. The molecule has 0 saturated carbocycles. The second kappa shape index (κ2) is 13.7. The number of benzene rings is 3. The lowest BCUT2D eigenvalue weighted by Gasteiger charge is -2.32. The molecular formula is C40H47N5O4. The maximum Gasteiger partial charge on any atom is 0.337 e. The van der Waals surface area contributed by atoms with Gasteiger partial charge >= 0.3 is 5.97 Å². The average molecular weight is 662 g/mol. The number of carbonyl (C=O) groups is 1. The molecule has 1 unspecified atom stereocenters. The Morgan fingerprint density at radius 1 is 0.939 bits per heavy atom. The summed E-state index contributed by atoms with van der Waals surface area (Å²) >= 11 is 0. The van der Waals surface area contributed by atoms with Crippen LogP contribution in [0, 0.1) is 13.8 Å². The summed E-state index contributed by atoms with van der Waals surface area (Å²) in [4.78, 5) is 31.9. The number of piperazine rings is 1. The number of aryl methyl sites for hydroxylation is 2. The first kappa shape index (κ1) is 34.3. The van der Waals surface area contributed by atoms with Crippen LogP contribution in [0.3, 0.4) is 0 Å². The maximum atomic E-state index is 13.0. The molecule has 0 bridgehead atoms. The topological polar surface area (TPSA) is 101 Å². The smallest absolute Gasteiger partial charge is 0.337 e. The monoisotopic (exact) mass is 661 g/mol. The molecule has 2 aliphatic heterocycles. The van der Waals surface area contributed by atoms with Gasteiger partial charge in [-0.1, -0.05) is 32.0 Å². The molecule has 0 aliphatic carbocycles. The van der Waals surface area contributed by atoms with E-state index in [9.17, 15) is 9.90 Å². The molecule has 0 radical (unpaired) electrons. The van der Waals surface area contributed by atoms with Gasteiger partial charge in [-0.2, -0.15) is 0 Å². The summed E-state index contributed by atoms with van der Waals surface area (Å²) in [6.45, 7) is 18.1. The molecule has 2 aliphatic rings.